The van der Waals surface area contributed by atoms with Gasteiger partial charge in [-0.2, -0.15) is 0 Å². The van der Waals surface area contributed by atoms with E-state index in [2.05, 4.69) is 46.9 Å². The second kappa shape index (κ2) is 7.60. The average Bonchev–Trinajstić information content (AvgIpc) is 2.85. The third kappa shape index (κ3) is 4.28. The fourth-order valence-electron chi connectivity index (χ4n) is 2.02. The molecule has 0 unspecified atom stereocenters. The third-order valence-corrected chi connectivity index (χ3v) is 4.24. The lowest BCUT2D eigenvalue weighted by molar-refractivity contribution is 0.161. The standard InChI is InChI=1S/C15H22N2OS/c1-17(9-10-18-2)8-7-16-11-13-12-19-15-6-4-3-5-14(13)15/h3-6,12,16H,7-11H2,1-2H3. The summed E-state index contributed by atoms with van der Waals surface area (Å²) in [4.78, 5) is 2.28. The molecule has 0 spiro atoms. The molecule has 0 amide bonds. The topological polar surface area (TPSA) is 24.5 Å². The van der Waals surface area contributed by atoms with Crippen LogP contribution in [0.4, 0.5) is 0 Å². The summed E-state index contributed by atoms with van der Waals surface area (Å²) in [5, 5.41) is 7.15. The zero-order valence-corrected chi connectivity index (χ0v) is 12.5. The van der Waals surface area contributed by atoms with Gasteiger partial charge >= 0.3 is 0 Å². The second-order valence-electron chi connectivity index (χ2n) is 4.73. The van der Waals surface area contributed by atoms with Crippen LogP contribution in [-0.4, -0.2) is 45.3 Å². The molecule has 2 rings (SSSR count). The molecule has 19 heavy (non-hydrogen) atoms. The summed E-state index contributed by atoms with van der Waals surface area (Å²) in [7, 11) is 3.87. The summed E-state index contributed by atoms with van der Waals surface area (Å²) in [6.07, 6.45) is 0. The lowest BCUT2D eigenvalue weighted by Gasteiger charge is -2.16. The number of benzene rings is 1. The van der Waals surface area contributed by atoms with Crippen LogP contribution in [0, 0.1) is 0 Å². The monoisotopic (exact) mass is 278 g/mol. The highest BCUT2D eigenvalue weighted by molar-refractivity contribution is 7.17. The largest absolute Gasteiger partial charge is 0.383 e. The molecule has 0 fully saturated rings. The molecule has 4 heteroatoms. The maximum atomic E-state index is 5.07. The summed E-state index contributed by atoms with van der Waals surface area (Å²) in [6.45, 7) is 4.78. The highest BCUT2D eigenvalue weighted by atomic mass is 32.1. The van der Waals surface area contributed by atoms with E-state index in [1.54, 1.807) is 7.11 Å². The third-order valence-electron chi connectivity index (χ3n) is 3.22. The van der Waals surface area contributed by atoms with Crippen LogP contribution in [0.25, 0.3) is 10.1 Å². The van der Waals surface area contributed by atoms with Gasteiger partial charge in [-0.05, 0) is 29.4 Å². The van der Waals surface area contributed by atoms with Gasteiger partial charge in [-0.1, -0.05) is 18.2 Å². The summed E-state index contributed by atoms with van der Waals surface area (Å²) in [5.41, 5.74) is 1.40. The molecule has 0 saturated carbocycles. The molecule has 0 aliphatic rings. The lowest BCUT2D eigenvalue weighted by atomic mass is 10.2. The lowest BCUT2D eigenvalue weighted by Crippen LogP contribution is -2.31. The number of hydrogen-bond acceptors (Lipinski definition) is 4. The van der Waals surface area contributed by atoms with Crippen LogP contribution in [0.2, 0.25) is 0 Å². The summed E-state index contributed by atoms with van der Waals surface area (Å²) in [6, 6.07) is 8.59. The fourth-order valence-corrected chi connectivity index (χ4v) is 2.98. The van der Waals surface area contributed by atoms with Gasteiger partial charge in [0.15, 0.2) is 0 Å². The average molecular weight is 278 g/mol. The maximum absolute atomic E-state index is 5.07. The van der Waals surface area contributed by atoms with E-state index in [0.717, 1.165) is 32.8 Å². The first-order valence-electron chi connectivity index (χ1n) is 6.64. The molecule has 0 aliphatic carbocycles. The molecule has 104 valence electrons. The van der Waals surface area contributed by atoms with Crippen molar-refractivity contribution in [1.29, 1.82) is 0 Å². The summed E-state index contributed by atoms with van der Waals surface area (Å²) >= 11 is 1.82. The van der Waals surface area contributed by atoms with Gasteiger partial charge in [-0.3, -0.25) is 0 Å². The van der Waals surface area contributed by atoms with E-state index in [4.69, 9.17) is 4.74 Å². The number of ether oxygens (including phenoxy) is 1. The van der Waals surface area contributed by atoms with Gasteiger partial charge in [0, 0.05) is 38.0 Å². The van der Waals surface area contributed by atoms with E-state index in [1.807, 2.05) is 11.3 Å². The number of rotatable bonds is 8. The van der Waals surface area contributed by atoms with Gasteiger partial charge < -0.3 is 15.0 Å². The smallest absolute Gasteiger partial charge is 0.0589 e. The SMILES string of the molecule is COCCN(C)CCNCc1csc2ccccc12. The minimum absolute atomic E-state index is 0.797. The molecular weight excluding hydrogens is 256 g/mol. The van der Waals surface area contributed by atoms with Crippen molar-refractivity contribution in [3.8, 4) is 0 Å². The molecule has 1 heterocycles. The Balaban J connectivity index is 1.74. The number of methoxy groups -OCH3 is 1. The van der Waals surface area contributed by atoms with Gasteiger partial charge in [-0.15, -0.1) is 11.3 Å². The van der Waals surface area contributed by atoms with Crippen LogP contribution < -0.4 is 5.32 Å². The number of nitrogens with one attached hydrogen (secondary N) is 1. The molecule has 1 aromatic heterocycles. The Labute approximate surface area is 119 Å². The molecule has 0 atom stereocenters. The zero-order valence-electron chi connectivity index (χ0n) is 11.7. The van der Waals surface area contributed by atoms with Crippen molar-refractivity contribution in [3.63, 3.8) is 0 Å². The maximum Gasteiger partial charge on any atom is 0.0589 e. The van der Waals surface area contributed by atoms with E-state index in [1.165, 1.54) is 15.6 Å². The summed E-state index contributed by atoms with van der Waals surface area (Å²) < 4.78 is 6.44. The van der Waals surface area contributed by atoms with E-state index in [0.29, 0.717) is 0 Å². The highest BCUT2D eigenvalue weighted by Crippen LogP contribution is 2.25. The van der Waals surface area contributed by atoms with Crippen LogP contribution in [-0.2, 0) is 11.3 Å². The van der Waals surface area contributed by atoms with Crippen LogP contribution in [0.5, 0.6) is 0 Å². The van der Waals surface area contributed by atoms with E-state index in [-0.39, 0.29) is 0 Å². The zero-order chi connectivity index (χ0) is 13.5. The van der Waals surface area contributed by atoms with Crippen LogP contribution in [0.1, 0.15) is 5.56 Å². The quantitative estimate of drug-likeness (QED) is 0.751. The molecule has 1 N–H and O–H groups in total. The van der Waals surface area contributed by atoms with Gasteiger partial charge in [0.05, 0.1) is 6.61 Å². The van der Waals surface area contributed by atoms with E-state index in [9.17, 15) is 0 Å². The Hall–Kier alpha value is -0.940. The number of fused-ring (bicyclic) bond motifs is 1. The normalized spacial score (nSPS) is 11.5. The van der Waals surface area contributed by atoms with Crippen molar-refractivity contribution < 1.29 is 4.74 Å². The molecule has 0 saturated heterocycles. The van der Waals surface area contributed by atoms with Gasteiger partial charge in [0.25, 0.3) is 0 Å². The predicted molar refractivity (Wildman–Crippen MR) is 82.9 cm³/mol. The molecule has 0 radical (unpaired) electrons. The minimum atomic E-state index is 0.797. The van der Waals surface area contributed by atoms with Crippen molar-refractivity contribution in [1.82, 2.24) is 10.2 Å². The van der Waals surface area contributed by atoms with Crippen LogP contribution in [0.3, 0.4) is 0 Å². The van der Waals surface area contributed by atoms with Crippen molar-refractivity contribution in [2.45, 2.75) is 6.54 Å². The Morgan fingerprint density at radius 1 is 1.26 bits per heavy atom. The molecule has 1 aromatic carbocycles. The van der Waals surface area contributed by atoms with Crippen molar-refractivity contribution >= 4 is 21.4 Å². The van der Waals surface area contributed by atoms with Crippen LogP contribution in [0.15, 0.2) is 29.6 Å². The Morgan fingerprint density at radius 3 is 2.95 bits per heavy atom. The van der Waals surface area contributed by atoms with E-state index < -0.39 is 0 Å². The first kappa shape index (κ1) is 14.5. The predicted octanol–water partition coefficient (Wildman–Crippen LogP) is 2.57. The number of hydrogen-bond donors (Lipinski definition) is 1. The molecular formula is C15H22N2OS. The van der Waals surface area contributed by atoms with Crippen molar-refractivity contribution in [2.75, 3.05) is 40.4 Å². The van der Waals surface area contributed by atoms with E-state index >= 15 is 0 Å². The number of thiophene rings is 1. The van der Waals surface area contributed by atoms with Gasteiger partial charge in [0.1, 0.15) is 0 Å². The van der Waals surface area contributed by atoms with Gasteiger partial charge in [0.2, 0.25) is 0 Å². The van der Waals surface area contributed by atoms with Crippen molar-refractivity contribution in [2.24, 2.45) is 0 Å². The molecule has 2 aromatic rings. The minimum Gasteiger partial charge on any atom is -0.383 e. The molecule has 0 bridgehead atoms. The first-order valence-corrected chi connectivity index (χ1v) is 7.52. The molecule has 3 nitrogen and oxygen atoms in total. The Morgan fingerprint density at radius 2 is 2.11 bits per heavy atom. The van der Waals surface area contributed by atoms with Gasteiger partial charge in [-0.25, -0.2) is 0 Å². The van der Waals surface area contributed by atoms with Crippen LogP contribution >= 0.6 is 11.3 Å². The summed E-state index contributed by atoms with van der Waals surface area (Å²) in [5.74, 6) is 0. The first-order chi connectivity index (χ1) is 9.31. The highest BCUT2D eigenvalue weighted by Gasteiger charge is 2.03. The number of nitrogens with zero attached hydrogens (tertiary/aromatic N) is 1. The fraction of sp³-hybridized carbons (Fsp3) is 0.467. The molecule has 0 aliphatic heterocycles. The second-order valence-corrected chi connectivity index (χ2v) is 5.64. The van der Waals surface area contributed by atoms with Crippen molar-refractivity contribution in [3.05, 3.63) is 35.2 Å². The Kier molecular flexibility index (Phi) is 5.79. The number of likely N-dealkylation sites (N-methyl/N-ethyl adjacent to an activating group) is 1. The Bertz CT molecular complexity index is 498.